The van der Waals surface area contributed by atoms with E-state index < -0.39 is 28.5 Å². The number of ether oxygens (including phenoxy) is 1. The first kappa shape index (κ1) is 29.2. The molecule has 2 amide bonds. The smallest absolute Gasteiger partial charge is 0.264 e. The Hall–Kier alpha value is -3.37. The van der Waals surface area contributed by atoms with E-state index in [0.29, 0.717) is 22.3 Å². The zero-order valence-electron chi connectivity index (χ0n) is 21.8. The van der Waals surface area contributed by atoms with Gasteiger partial charge in [0.05, 0.1) is 22.2 Å². The van der Waals surface area contributed by atoms with Gasteiger partial charge in [0.2, 0.25) is 11.8 Å². The first-order valence-electron chi connectivity index (χ1n) is 12.1. The highest BCUT2D eigenvalue weighted by atomic mass is 79.9. The highest BCUT2D eigenvalue weighted by Gasteiger charge is 2.33. The largest absolute Gasteiger partial charge is 0.496 e. The molecule has 1 atom stereocenters. The molecule has 0 bridgehead atoms. The van der Waals surface area contributed by atoms with E-state index >= 15 is 0 Å². The van der Waals surface area contributed by atoms with Gasteiger partial charge in [-0.15, -0.1) is 0 Å². The van der Waals surface area contributed by atoms with Crippen molar-refractivity contribution in [2.24, 2.45) is 0 Å². The third kappa shape index (κ3) is 6.73. The van der Waals surface area contributed by atoms with Crippen molar-refractivity contribution < 1.29 is 22.7 Å². The number of hydrogen-bond acceptors (Lipinski definition) is 5. The van der Waals surface area contributed by atoms with Crippen molar-refractivity contribution in [3.63, 3.8) is 0 Å². The van der Waals surface area contributed by atoms with Gasteiger partial charge in [0.1, 0.15) is 18.3 Å². The molecule has 0 fully saturated rings. The van der Waals surface area contributed by atoms with Crippen LogP contribution in [-0.4, -0.2) is 51.9 Å². The lowest BCUT2D eigenvalue weighted by Crippen LogP contribution is -2.51. The quantitative estimate of drug-likeness (QED) is 0.349. The number of benzene rings is 3. The maximum Gasteiger partial charge on any atom is 0.264 e. The van der Waals surface area contributed by atoms with Crippen molar-refractivity contribution in [1.82, 2.24) is 10.2 Å². The van der Waals surface area contributed by atoms with E-state index in [1.165, 1.54) is 31.2 Å². The standard InChI is InChI=1S/C28H32BrN3O5S/c1-5-25(28(34)30-3)31(18-21-9-7-6-8-10-21)27(33)19-32(22-13-11-20(2)12-14-22)38(35,36)23-15-16-26(37-4)24(29)17-23/h6-17,25H,5,18-19H2,1-4H3,(H,30,34)/t25-/m1/s1. The molecule has 10 heteroatoms. The second-order valence-corrected chi connectivity index (χ2v) is 11.4. The van der Waals surface area contributed by atoms with Crippen LogP contribution in [0.4, 0.5) is 5.69 Å². The molecule has 1 N–H and O–H groups in total. The van der Waals surface area contributed by atoms with Crippen LogP contribution in [0, 0.1) is 6.92 Å². The Morgan fingerprint density at radius 1 is 1.03 bits per heavy atom. The summed E-state index contributed by atoms with van der Waals surface area (Å²) in [4.78, 5) is 28.0. The fourth-order valence-electron chi connectivity index (χ4n) is 4.04. The first-order chi connectivity index (χ1) is 18.1. The number of likely N-dealkylation sites (N-methyl/N-ethyl adjacent to an activating group) is 1. The number of hydrogen-bond donors (Lipinski definition) is 1. The summed E-state index contributed by atoms with van der Waals surface area (Å²) in [7, 11) is -1.17. The summed E-state index contributed by atoms with van der Waals surface area (Å²) in [6.45, 7) is 3.37. The Morgan fingerprint density at radius 2 is 1.68 bits per heavy atom. The topological polar surface area (TPSA) is 96.0 Å². The van der Waals surface area contributed by atoms with Gasteiger partial charge >= 0.3 is 0 Å². The van der Waals surface area contributed by atoms with Gasteiger partial charge in [-0.25, -0.2) is 8.42 Å². The molecule has 0 aliphatic rings. The molecule has 0 radical (unpaired) electrons. The Bertz CT molecular complexity index is 1360. The van der Waals surface area contributed by atoms with Crippen LogP contribution in [0.5, 0.6) is 5.75 Å². The van der Waals surface area contributed by atoms with Gasteiger partial charge in [-0.05, 0) is 65.2 Å². The summed E-state index contributed by atoms with van der Waals surface area (Å²) >= 11 is 3.35. The van der Waals surface area contributed by atoms with Gasteiger partial charge in [-0.3, -0.25) is 13.9 Å². The van der Waals surface area contributed by atoms with Crippen LogP contribution < -0.4 is 14.4 Å². The maximum atomic E-state index is 13.9. The molecule has 0 saturated carbocycles. The number of nitrogens with zero attached hydrogens (tertiary/aromatic N) is 2. The lowest BCUT2D eigenvalue weighted by molar-refractivity contribution is -0.140. The van der Waals surface area contributed by atoms with Crippen molar-refractivity contribution in [3.8, 4) is 5.75 Å². The Kier molecular flexibility index (Phi) is 9.93. The van der Waals surface area contributed by atoms with E-state index in [9.17, 15) is 18.0 Å². The highest BCUT2D eigenvalue weighted by Crippen LogP contribution is 2.31. The third-order valence-electron chi connectivity index (χ3n) is 6.14. The molecule has 0 unspecified atom stereocenters. The number of aryl methyl sites for hydroxylation is 1. The number of amides is 2. The van der Waals surface area contributed by atoms with Crippen molar-refractivity contribution in [3.05, 3.63) is 88.4 Å². The average Bonchev–Trinajstić information content (AvgIpc) is 2.92. The van der Waals surface area contributed by atoms with E-state index in [1.807, 2.05) is 44.2 Å². The number of halogens is 1. The van der Waals surface area contributed by atoms with Crippen LogP contribution in [-0.2, 0) is 26.2 Å². The van der Waals surface area contributed by atoms with E-state index in [0.717, 1.165) is 15.4 Å². The lowest BCUT2D eigenvalue weighted by Gasteiger charge is -2.33. The number of anilines is 1. The monoisotopic (exact) mass is 601 g/mol. The second-order valence-electron chi connectivity index (χ2n) is 8.69. The minimum absolute atomic E-state index is 0.00787. The maximum absolute atomic E-state index is 13.9. The van der Waals surface area contributed by atoms with E-state index in [2.05, 4.69) is 21.2 Å². The van der Waals surface area contributed by atoms with Gasteiger partial charge in [0.15, 0.2) is 0 Å². The summed E-state index contributed by atoms with van der Waals surface area (Å²) in [6.07, 6.45) is 0.362. The summed E-state index contributed by atoms with van der Waals surface area (Å²) in [6, 6.07) is 19.8. The third-order valence-corrected chi connectivity index (χ3v) is 8.53. The van der Waals surface area contributed by atoms with E-state index in [1.54, 1.807) is 30.3 Å². The van der Waals surface area contributed by atoms with Gasteiger partial charge in [-0.2, -0.15) is 0 Å². The van der Waals surface area contributed by atoms with E-state index in [4.69, 9.17) is 4.74 Å². The number of nitrogens with one attached hydrogen (secondary N) is 1. The van der Waals surface area contributed by atoms with Crippen molar-refractivity contribution in [1.29, 1.82) is 0 Å². The van der Waals surface area contributed by atoms with Crippen molar-refractivity contribution in [2.45, 2.75) is 37.8 Å². The first-order valence-corrected chi connectivity index (χ1v) is 14.3. The normalized spacial score (nSPS) is 11.9. The molecule has 0 spiro atoms. The summed E-state index contributed by atoms with van der Waals surface area (Å²) in [5.74, 6) is -0.339. The zero-order valence-corrected chi connectivity index (χ0v) is 24.3. The van der Waals surface area contributed by atoms with Crippen molar-refractivity contribution in [2.75, 3.05) is 25.0 Å². The van der Waals surface area contributed by atoms with Crippen molar-refractivity contribution >= 4 is 43.5 Å². The van der Waals surface area contributed by atoms with Gasteiger partial charge < -0.3 is 15.0 Å². The number of carbonyl (C=O) groups excluding carboxylic acids is 2. The molecule has 0 saturated heterocycles. The summed E-state index contributed by atoms with van der Waals surface area (Å²) < 4.78 is 34.6. The molecule has 0 aliphatic carbocycles. The molecule has 0 aliphatic heterocycles. The average molecular weight is 603 g/mol. The van der Waals surface area contributed by atoms with Gasteiger partial charge in [0, 0.05) is 13.6 Å². The summed E-state index contributed by atoms with van der Waals surface area (Å²) in [5, 5.41) is 2.62. The number of rotatable bonds is 11. The van der Waals surface area contributed by atoms with E-state index in [-0.39, 0.29) is 17.3 Å². The minimum Gasteiger partial charge on any atom is -0.496 e. The SMILES string of the molecule is CC[C@H](C(=O)NC)N(Cc1ccccc1)C(=O)CN(c1ccc(C)cc1)S(=O)(=O)c1ccc(OC)c(Br)c1. The molecule has 202 valence electrons. The molecular formula is C28H32BrN3O5S. The molecule has 3 rings (SSSR count). The highest BCUT2D eigenvalue weighted by molar-refractivity contribution is 9.10. The molecule has 8 nitrogen and oxygen atoms in total. The summed E-state index contributed by atoms with van der Waals surface area (Å²) in [5.41, 5.74) is 2.11. The van der Waals surface area contributed by atoms with Gasteiger partial charge in [-0.1, -0.05) is 55.0 Å². The molecule has 38 heavy (non-hydrogen) atoms. The molecular weight excluding hydrogens is 570 g/mol. The minimum atomic E-state index is -4.17. The Labute approximate surface area is 232 Å². The van der Waals surface area contributed by atoms with Gasteiger partial charge in [0.25, 0.3) is 10.0 Å². The predicted molar refractivity (Wildman–Crippen MR) is 152 cm³/mol. The molecule has 0 heterocycles. The molecule has 0 aromatic heterocycles. The second kappa shape index (κ2) is 12.9. The fourth-order valence-corrected chi connectivity index (χ4v) is 6.17. The Morgan fingerprint density at radius 3 is 2.24 bits per heavy atom. The Balaban J connectivity index is 2.07. The number of methoxy groups -OCH3 is 1. The fraction of sp³-hybridized carbons (Fsp3) is 0.286. The molecule has 3 aromatic rings. The van der Waals surface area contributed by atoms with Crippen LogP contribution in [0.1, 0.15) is 24.5 Å². The number of carbonyl (C=O) groups is 2. The molecule has 3 aromatic carbocycles. The van der Waals surface area contributed by atoms with Crippen LogP contribution in [0.2, 0.25) is 0 Å². The number of sulfonamides is 1. The van der Waals surface area contributed by atoms with Crippen LogP contribution in [0.3, 0.4) is 0 Å². The lowest BCUT2D eigenvalue weighted by atomic mass is 10.1. The van der Waals surface area contributed by atoms with Crippen LogP contribution >= 0.6 is 15.9 Å². The zero-order chi connectivity index (χ0) is 27.9. The predicted octanol–water partition coefficient (Wildman–Crippen LogP) is 4.51. The van der Waals surface area contributed by atoms with Crippen LogP contribution in [0.25, 0.3) is 0 Å². The van der Waals surface area contributed by atoms with Crippen LogP contribution in [0.15, 0.2) is 82.2 Å².